The second-order valence-electron chi connectivity index (χ2n) is 4.86. The molecule has 5 heteroatoms. The molecule has 0 atom stereocenters. The second kappa shape index (κ2) is 4.86. The van der Waals surface area contributed by atoms with Gasteiger partial charge in [0.05, 0.1) is 16.6 Å². The summed E-state index contributed by atoms with van der Waals surface area (Å²) in [4.78, 5) is 16.6. The fourth-order valence-corrected chi connectivity index (χ4v) is 3.17. The average molecular weight is 292 g/mol. The maximum absolute atomic E-state index is 4.60. The molecule has 0 radical (unpaired) electrons. The van der Waals surface area contributed by atoms with E-state index in [4.69, 9.17) is 0 Å². The molecule has 0 spiro atoms. The van der Waals surface area contributed by atoms with Gasteiger partial charge >= 0.3 is 0 Å². The Morgan fingerprint density at radius 2 is 1.90 bits per heavy atom. The van der Waals surface area contributed by atoms with E-state index in [1.54, 1.807) is 6.33 Å². The molecule has 4 aromatic rings. The lowest BCUT2D eigenvalue weighted by atomic mass is 10.2. The molecule has 1 N–H and O–H groups in total. The van der Waals surface area contributed by atoms with Gasteiger partial charge in [-0.15, -0.1) is 0 Å². The van der Waals surface area contributed by atoms with Crippen molar-refractivity contribution in [2.45, 2.75) is 17.1 Å². The third kappa shape index (κ3) is 2.25. The maximum atomic E-state index is 4.60. The highest BCUT2D eigenvalue weighted by atomic mass is 32.2. The molecule has 0 aliphatic heterocycles. The van der Waals surface area contributed by atoms with Gasteiger partial charge in [-0.2, -0.15) is 0 Å². The lowest BCUT2D eigenvalue weighted by molar-refractivity contribution is 1.05. The summed E-state index contributed by atoms with van der Waals surface area (Å²) in [6.45, 7) is 2.07. The van der Waals surface area contributed by atoms with Crippen LogP contribution >= 0.6 is 11.8 Å². The molecule has 4 nitrogen and oxygen atoms in total. The van der Waals surface area contributed by atoms with E-state index < -0.39 is 0 Å². The minimum atomic E-state index is 0.847. The van der Waals surface area contributed by atoms with Crippen LogP contribution in [-0.2, 0) is 0 Å². The topological polar surface area (TPSA) is 54.5 Å². The Morgan fingerprint density at radius 1 is 1.00 bits per heavy atom. The molecule has 0 saturated heterocycles. The molecule has 0 unspecified atom stereocenters. The SMILES string of the molecule is Cc1ccc2nc(Sc3ncnc4ccccc34)[nH]c2c1. The van der Waals surface area contributed by atoms with Gasteiger partial charge in [0.25, 0.3) is 0 Å². The Kier molecular flexibility index (Phi) is 2.86. The summed E-state index contributed by atoms with van der Waals surface area (Å²) in [5.41, 5.74) is 4.19. The monoisotopic (exact) mass is 292 g/mol. The van der Waals surface area contributed by atoms with Crippen molar-refractivity contribution in [3.8, 4) is 0 Å². The summed E-state index contributed by atoms with van der Waals surface area (Å²) in [5.74, 6) is 0. The van der Waals surface area contributed by atoms with Crippen LogP contribution in [0.3, 0.4) is 0 Å². The summed E-state index contributed by atoms with van der Waals surface area (Å²) in [6.07, 6.45) is 1.59. The molecule has 0 aliphatic rings. The van der Waals surface area contributed by atoms with E-state index in [2.05, 4.69) is 39.0 Å². The van der Waals surface area contributed by atoms with Crippen LogP contribution in [0.5, 0.6) is 0 Å². The summed E-state index contributed by atoms with van der Waals surface area (Å²) in [5, 5.41) is 2.80. The number of nitrogens with zero attached hydrogens (tertiary/aromatic N) is 3. The molecule has 0 bridgehead atoms. The number of hydrogen-bond donors (Lipinski definition) is 1. The first-order chi connectivity index (χ1) is 10.3. The van der Waals surface area contributed by atoms with Crippen molar-refractivity contribution < 1.29 is 0 Å². The predicted molar refractivity (Wildman–Crippen MR) is 84.5 cm³/mol. The van der Waals surface area contributed by atoms with Gasteiger partial charge < -0.3 is 4.98 Å². The van der Waals surface area contributed by atoms with E-state index in [0.29, 0.717) is 0 Å². The lowest BCUT2D eigenvalue weighted by Crippen LogP contribution is -1.86. The minimum Gasteiger partial charge on any atom is -0.333 e. The van der Waals surface area contributed by atoms with Gasteiger partial charge in [-0.05, 0) is 42.4 Å². The van der Waals surface area contributed by atoms with Crippen LogP contribution in [0.2, 0.25) is 0 Å². The molecule has 2 aromatic carbocycles. The highest BCUT2D eigenvalue weighted by molar-refractivity contribution is 7.99. The first-order valence-electron chi connectivity index (χ1n) is 6.63. The van der Waals surface area contributed by atoms with Crippen molar-refractivity contribution in [3.05, 3.63) is 54.4 Å². The van der Waals surface area contributed by atoms with Crippen LogP contribution in [0, 0.1) is 6.92 Å². The van der Waals surface area contributed by atoms with E-state index in [1.807, 2.05) is 30.3 Å². The molecule has 0 fully saturated rings. The van der Waals surface area contributed by atoms with Crippen molar-refractivity contribution in [1.29, 1.82) is 0 Å². The number of aromatic nitrogens is 4. The van der Waals surface area contributed by atoms with Crippen LogP contribution in [0.4, 0.5) is 0 Å². The maximum Gasteiger partial charge on any atom is 0.172 e. The number of benzene rings is 2. The number of imidazole rings is 1. The van der Waals surface area contributed by atoms with Crippen molar-refractivity contribution in [2.75, 3.05) is 0 Å². The van der Waals surface area contributed by atoms with E-state index in [9.17, 15) is 0 Å². The number of aromatic amines is 1. The van der Waals surface area contributed by atoms with Crippen LogP contribution in [0.25, 0.3) is 21.9 Å². The molecular formula is C16H12N4S. The Labute approximate surface area is 125 Å². The number of hydrogen-bond acceptors (Lipinski definition) is 4. The van der Waals surface area contributed by atoms with Crippen molar-refractivity contribution >= 4 is 33.7 Å². The molecule has 102 valence electrons. The third-order valence-corrected chi connectivity index (χ3v) is 4.22. The van der Waals surface area contributed by atoms with Gasteiger partial charge in [0.1, 0.15) is 11.4 Å². The Bertz CT molecular complexity index is 940. The lowest BCUT2D eigenvalue weighted by Gasteiger charge is -2.01. The molecule has 0 saturated carbocycles. The van der Waals surface area contributed by atoms with E-state index >= 15 is 0 Å². The average Bonchev–Trinajstić information content (AvgIpc) is 2.89. The zero-order valence-corrected chi connectivity index (χ0v) is 12.2. The third-order valence-electron chi connectivity index (χ3n) is 3.32. The number of H-pyrrole nitrogens is 1. The standard InChI is InChI=1S/C16H12N4S/c1-10-6-7-13-14(8-10)20-16(19-13)21-15-11-4-2-3-5-12(11)17-9-18-15/h2-9H,1H3,(H,19,20). The fraction of sp³-hybridized carbons (Fsp3) is 0.0625. The Hall–Kier alpha value is -2.40. The van der Waals surface area contributed by atoms with Gasteiger partial charge in [-0.3, -0.25) is 0 Å². The predicted octanol–water partition coefficient (Wildman–Crippen LogP) is 3.97. The molecule has 2 heterocycles. The van der Waals surface area contributed by atoms with Gasteiger partial charge in [-0.1, -0.05) is 24.3 Å². The fourth-order valence-electron chi connectivity index (χ4n) is 2.30. The first-order valence-corrected chi connectivity index (χ1v) is 7.45. The normalized spacial score (nSPS) is 11.3. The van der Waals surface area contributed by atoms with Crippen LogP contribution in [0.1, 0.15) is 5.56 Å². The summed E-state index contributed by atoms with van der Waals surface area (Å²) in [7, 11) is 0. The summed E-state index contributed by atoms with van der Waals surface area (Å²) < 4.78 is 0. The second-order valence-corrected chi connectivity index (χ2v) is 5.84. The quantitative estimate of drug-likeness (QED) is 0.568. The molecule has 2 aromatic heterocycles. The van der Waals surface area contributed by atoms with E-state index in [-0.39, 0.29) is 0 Å². The minimum absolute atomic E-state index is 0.847. The Morgan fingerprint density at radius 3 is 2.86 bits per heavy atom. The van der Waals surface area contributed by atoms with Crippen molar-refractivity contribution in [1.82, 2.24) is 19.9 Å². The number of rotatable bonds is 2. The van der Waals surface area contributed by atoms with Gasteiger partial charge in [-0.25, -0.2) is 15.0 Å². The van der Waals surface area contributed by atoms with Crippen molar-refractivity contribution in [2.24, 2.45) is 0 Å². The van der Waals surface area contributed by atoms with Crippen molar-refractivity contribution in [3.63, 3.8) is 0 Å². The van der Waals surface area contributed by atoms with E-state index in [1.165, 1.54) is 17.3 Å². The molecular weight excluding hydrogens is 280 g/mol. The Balaban J connectivity index is 1.79. The summed E-state index contributed by atoms with van der Waals surface area (Å²) >= 11 is 1.53. The molecule has 0 amide bonds. The summed E-state index contributed by atoms with van der Waals surface area (Å²) in [6, 6.07) is 14.2. The smallest absolute Gasteiger partial charge is 0.172 e. The number of aryl methyl sites for hydroxylation is 1. The first kappa shape index (κ1) is 12.3. The number of para-hydroxylation sites is 1. The number of fused-ring (bicyclic) bond motifs is 2. The highest BCUT2D eigenvalue weighted by Crippen LogP contribution is 2.30. The zero-order chi connectivity index (χ0) is 14.2. The molecule has 21 heavy (non-hydrogen) atoms. The largest absolute Gasteiger partial charge is 0.333 e. The van der Waals surface area contributed by atoms with Crippen LogP contribution in [0.15, 0.2) is 59.0 Å². The van der Waals surface area contributed by atoms with Gasteiger partial charge in [0.2, 0.25) is 0 Å². The van der Waals surface area contributed by atoms with E-state index in [0.717, 1.165) is 32.1 Å². The number of nitrogens with one attached hydrogen (secondary N) is 1. The van der Waals surface area contributed by atoms with Gasteiger partial charge in [0.15, 0.2) is 5.16 Å². The molecule has 4 rings (SSSR count). The van der Waals surface area contributed by atoms with Crippen LogP contribution < -0.4 is 0 Å². The van der Waals surface area contributed by atoms with Crippen LogP contribution in [-0.4, -0.2) is 19.9 Å². The van der Waals surface area contributed by atoms with Gasteiger partial charge in [0, 0.05) is 5.39 Å². The zero-order valence-electron chi connectivity index (χ0n) is 11.4. The highest BCUT2D eigenvalue weighted by Gasteiger charge is 2.09. The molecule has 0 aliphatic carbocycles.